The van der Waals surface area contributed by atoms with Crippen molar-refractivity contribution in [3.05, 3.63) is 12.0 Å². The molecule has 4 nitrogen and oxygen atoms in total. The molecule has 1 saturated heterocycles. The Hall–Kier alpha value is -1.03. The van der Waals surface area contributed by atoms with E-state index in [0.29, 0.717) is 12.1 Å². The molecule has 4 heteroatoms. The minimum atomic E-state index is 0.201. The quantitative estimate of drug-likeness (QED) is 0.515. The van der Waals surface area contributed by atoms with Crippen molar-refractivity contribution in [1.29, 1.82) is 0 Å². The molecule has 1 amide bonds. The zero-order valence-corrected chi connectivity index (χ0v) is 8.75. The van der Waals surface area contributed by atoms with Crippen molar-refractivity contribution >= 4 is 5.91 Å². The van der Waals surface area contributed by atoms with Crippen LogP contribution in [0.15, 0.2) is 12.0 Å². The molecule has 0 aromatic rings. The Morgan fingerprint density at radius 3 is 2.43 bits per heavy atom. The predicted octanol–water partition coefficient (Wildman–Crippen LogP) is -1.17. The summed E-state index contributed by atoms with van der Waals surface area (Å²) in [6.45, 7) is 4.06. The van der Waals surface area contributed by atoms with Gasteiger partial charge in [0.25, 0.3) is 0 Å². The molecule has 0 saturated carbocycles. The standard InChI is InChI=1S/2C5H9NO/c1-4-2-5(7)3-6-4;1-4-2-3-5(7)6-4/h3-4,6-7H,2H2,1H3;4H,2-3H2,1H3,(H,6,7). The Labute approximate surface area is 84.4 Å². The van der Waals surface area contributed by atoms with Gasteiger partial charge in [-0.1, -0.05) is 5.76 Å². The first kappa shape index (κ1) is 11.0. The lowest BCUT2D eigenvalue weighted by atomic mass is 10.3. The minimum Gasteiger partial charge on any atom is -0.872 e. The fourth-order valence-corrected chi connectivity index (χ4v) is 1.49. The molecular weight excluding hydrogens is 180 g/mol. The largest absolute Gasteiger partial charge is 0.872 e. The van der Waals surface area contributed by atoms with Crippen molar-refractivity contribution in [2.75, 3.05) is 0 Å². The fourth-order valence-electron chi connectivity index (χ4n) is 1.49. The first-order chi connectivity index (χ1) is 6.58. The lowest BCUT2D eigenvalue weighted by Gasteiger charge is -1.99. The first-order valence-corrected chi connectivity index (χ1v) is 5.08. The van der Waals surface area contributed by atoms with Crippen molar-refractivity contribution in [3.8, 4) is 0 Å². The molecule has 2 rings (SSSR count). The number of nitrogens with one attached hydrogen (secondary N) is 1. The van der Waals surface area contributed by atoms with Crippen LogP contribution in [0.2, 0.25) is 0 Å². The van der Waals surface area contributed by atoms with Crippen LogP contribution in [0.25, 0.3) is 0 Å². The molecule has 80 valence electrons. The summed E-state index contributed by atoms with van der Waals surface area (Å²) >= 11 is 0. The summed E-state index contributed by atoms with van der Waals surface area (Å²) in [6, 6.07) is 0.917. The van der Waals surface area contributed by atoms with Gasteiger partial charge in [-0.15, -0.1) is 0 Å². The number of nitrogens with two attached hydrogens (primary N) is 1. The van der Waals surface area contributed by atoms with Crippen LogP contribution in [0.3, 0.4) is 0 Å². The Morgan fingerprint density at radius 1 is 1.57 bits per heavy atom. The molecule has 2 atom stereocenters. The van der Waals surface area contributed by atoms with Crippen LogP contribution in [0.1, 0.15) is 33.1 Å². The topological polar surface area (TPSA) is 68.8 Å². The molecule has 0 aliphatic carbocycles. The fraction of sp³-hybridized carbons (Fsp3) is 0.700. The molecule has 1 fully saturated rings. The molecule has 0 bridgehead atoms. The summed E-state index contributed by atoms with van der Waals surface area (Å²) < 4.78 is 0. The maximum Gasteiger partial charge on any atom is 0.220 e. The van der Waals surface area contributed by atoms with E-state index in [2.05, 4.69) is 5.32 Å². The maximum absolute atomic E-state index is 10.4. The molecule has 2 unspecified atom stereocenters. The van der Waals surface area contributed by atoms with Crippen LogP contribution in [-0.2, 0) is 4.79 Å². The minimum absolute atomic E-state index is 0.201. The van der Waals surface area contributed by atoms with E-state index in [9.17, 15) is 9.90 Å². The van der Waals surface area contributed by atoms with Crippen molar-refractivity contribution in [2.24, 2.45) is 0 Å². The van der Waals surface area contributed by atoms with Crippen molar-refractivity contribution < 1.29 is 15.2 Å². The van der Waals surface area contributed by atoms with Gasteiger partial charge in [-0.2, -0.15) is 0 Å². The van der Waals surface area contributed by atoms with Gasteiger partial charge in [0.2, 0.25) is 5.91 Å². The first-order valence-electron chi connectivity index (χ1n) is 5.08. The molecule has 0 spiro atoms. The van der Waals surface area contributed by atoms with E-state index in [4.69, 9.17) is 0 Å². The van der Waals surface area contributed by atoms with Gasteiger partial charge in [0.1, 0.15) is 0 Å². The Morgan fingerprint density at radius 2 is 2.29 bits per heavy atom. The normalized spacial score (nSPS) is 30.4. The van der Waals surface area contributed by atoms with E-state index in [-0.39, 0.29) is 11.7 Å². The van der Waals surface area contributed by atoms with Crippen LogP contribution in [0, 0.1) is 0 Å². The van der Waals surface area contributed by atoms with Crippen molar-refractivity contribution in [2.45, 2.75) is 45.2 Å². The molecule has 14 heavy (non-hydrogen) atoms. The lowest BCUT2D eigenvalue weighted by molar-refractivity contribution is -0.613. The second-order valence-electron chi connectivity index (χ2n) is 4.01. The second-order valence-corrected chi connectivity index (χ2v) is 4.01. The van der Waals surface area contributed by atoms with Gasteiger partial charge in [0.15, 0.2) is 0 Å². The second kappa shape index (κ2) is 5.00. The number of carbonyl (C=O) groups is 1. The van der Waals surface area contributed by atoms with Crippen LogP contribution in [0.5, 0.6) is 0 Å². The van der Waals surface area contributed by atoms with Crippen molar-refractivity contribution in [1.82, 2.24) is 5.32 Å². The monoisotopic (exact) mass is 198 g/mol. The smallest absolute Gasteiger partial charge is 0.220 e. The summed E-state index contributed by atoms with van der Waals surface area (Å²) in [5, 5.41) is 15.1. The van der Waals surface area contributed by atoms with Gasteiger partial charge >= 0.3 is 0 Å². The number of carbonyl (C=O) groups excluding carboxylic acids is 1. The van der Waals surface area contributed by atoms with Gasteiger partial charge in [-0.25, -0.2) is 0 Å². The molecule has 3 N–H and O–H groups in total. The van der Waals surface area contributed by atoms with Gasteiger partial charge in [-0.3, -0.25) is 4.79 Å². The van der Waals surface area contributed by atoms with E-state index in [0.717, 1.165) is 19.3 Å². The highest BCUT2D eigenvalue weighted by molar-refractivity contribution is 5.78. The van der Waals surface area contributed by atoms with E-state index in [1.807, 2.05) is 19.2 Å². The predicted molar refractivity (Wildman–Crippen MR) is 50.9 cm³/mol. The van der Waals surface area contributed by atoms with Crippen LogP contribution in [-0.4, -0.2) is 18.0 Å². The molecular formula is C10H18N2O2. The Bertz CT molecular complexity index is 238. The summed E-state index contributed by atoms with van der Waals surface area (Å²) in [6.07, 6.45) is 4.12. The molecule has 2 heterocycles. The third-order valence-corrected chi connectivity index (χ3v) is 2.35. The van der Waals surface area contributed by atoms with E-state index < -0.39 is 0 Å². The third-order valence-electron chi connectivity index (χ3n) is 2.35. The average molecular weight is 198 g/mol. The molecule has 2 aliphatic rings. The van der Waals surface area contributed by atoms with Crippen LogP contribution >= 0.6 is 0 Å². The highest BCUT2D eigenvalue weighted by Gasteiger charge is 2.14. The highest BCUT2D eigenvalue weighted by atomic mass is 16.3. The molecule has 0 aromatic carbocycles. The molecule has 2 aliphatic heterocycles. The zero-order chi connectivity index (χ0) is 10.6. The van der Waals surface area contributed by atoms with Gasteiger partial charge in [0, 0.05) is 18.9 Å². The van der Waals surface area contributed by atoms with Crippen LogP contribution < -0.4 is 15.7 Å². The Kier molecular flexibility index (Phi) is 3.95. The molecule has 0 aromatic heterocycles. The number of quaternary nitrogens is 1. The third kappa shape index (κ3) is 3.79. The SMILES string of the molecule is CC1CC([O-])=C[NH2+]1.CC1CCC(=O)N1. The number of amides is 1. The number of rotatable bonds is 0. The van der Waals surface area contributed by atoms with E-state index >= 15 is 0 Å². The van der Waals surface area contributed by atoms with Gasteiger partial charge in [-0.05, 0) is 20.3 Å². The Balaban J connectivity index is 0.000000140. The number of hydrogen-bond donors (Lipinski definition) is 2. The summed E-state index contributed by atoms with van der Waals surface area (Å²) in [4.78, 5) is 10.3. The highest BCUT2D eigenvalue weighted by Crippen LogP contribution is 2.03. The summed E-state index contributed by atoms with van der Waals surface area (Å²) in [5.74, 6) is 0.472. The average Bonchev–Trinajstić information content (AvgIpc) is 2.63. The summed E-state index contributed by atoms with van der Waals surface area (Å²) in [5.41, 5.74) is 0. The van der Waals surface area contributed by atoms with E-state index in [1.54, 1.807) is 6.20 Å². The summed E-state index contributed by atoms with van der Waals surface area (Å²) in [7, 11) is 0. The van der Waals surface area contributed by atoms with E-state index in [1.165, 1.54) is 0 Å². The van der Waals surface area contributed by atoms with Crippen LogP contribution in [0.4, 0.5) is 0 Å². The van der Waals surface area contributed by atoms with Gasteiger partial charge < -0.3 is 15.7 Å². The van der Waals surface area contributed by atoms with Gasteiger partial charge in [0.05, 0.1) is 12.2 Å². The number of hydrogen-bond acceptors (Lipinski definition) is 2. The maximum atomic E-state index is 10.4. The van der Waals surface area contributed by atoms with Crippen molar-refractivity contribution in [3.63, 3.8) is 0 Å². The molecule has 0 radical (unpaired) electrons. The lowest BCUT2D eigenvalue weighted by Crippen LogP contribution is -2.81. The zero-order valence-electron chi connectivity index (χ0n) is 8.75.